The smallest absolute Gasteiger partial charge is 0.258 e. The Balaban J connectivity index is 1.33. The van der Waals surface area contributed by atoms with Crippen LogP contribution in [0, 0.1) is 12.7 Å². The van der Waals surface area contributed by atoms with E-state index in [1.165, 1.54) is 11.6 Å². The molecule has 1 aliphatic rings. The summed E-state index contributed by atoms with van der Waals surface area (Å²) in [6.07, 6.45) is 3.78. The van der Waals surface area contributed by atoms with Crippen LogP contribution in [-0.4, -0.2) is 44.7 Å². The van der Waals surface area contributed by atoms with Crippen molar-refractivity contribution in [3.05, 3.63) is 65.0 Å². The summed E-state index contributed by atoms with van der Waals surface area (Å²) in [5, 5.41) is 9.49. The highest BCUT2D eigenvalue weighted by atomic mass is 19.1. The van der Waals surface area contributed by atoms with Gasteiger partial charge in [0.25, 0.3) is 5.91 Å². The lowest BCUT2D eigenvalue weighted by atomic mass is 10.1. The van der Waals surface area contributed by atoms with Gasteiger partial charge in [-0.2, -0.15) is 0 Å². The van der Waals surface area contributed by atoms with Crippen molar-refractivity contribution in [2.45, 2.75) is 38.6 Å². The molecule has 0 atom stereocenters. The molecule has 1 aliphatic carbocycles. The van der Waals surface area contributed by atoms with Crippen molar-refractivity contribution in [3.63, 3.8) is 0 Å². The van der Waals surface area contributed by atoms with Crippen LogP contribution in [0.5, 0.6) is 5.75 Å². The standard InChI is InChI=1S/C24H31FN4O2/c1-17-15-20(25)6-5-19(17)12-14-28-24(26-2)27-13-11-18-3-9-22(10-4-18)31-16-23(30)29-21-7-8-21/h3-6,9-10,15,21H,7-8,11-14,16H2,1-2H3,(H,29,30)(H2,26,27,28). The number of aryl methyl sites for hydroxylation is 1. The first-order valence-corrected chi connectivity index (χ1v) is 10.7. The van der Waals surface area contributed by atoms with Gasteiger partial charge in [0.05, 0.1) is 0 Å². The molecule has 31 heavy (non-hydrogen) atoms. The average Bonchev–Trinajstić information content (AvgIpc) is 3.57. The van der Waals surface area contributed by atoms with Gasteiger partial charge in [-0.25, -0.2) is 4.39 Å². The number of rotatable bonds is 10. The molecule has 0 spiro atoms. The molecular formula is C24H31FN4O2. The summed E-state index contributed by atoms with van der Waals surface area (Å²) in [4.78, 5) is 15.9. The van der Waals surface area contributed by atoms with Crippen LogP contribution in [0.1, 0.15) is 29.5 Å². The molecule has 0 unspecified atom stereocenters. The van der Waals surface area contributed by atoms with Crippen molar-refractivity contribution in [1.82, 2.24) is 16.0 Å². The molecule has 166 valence electrons. The Morgan fingerprint density at radius 2 is 1.81 bits per heavy atom. The van der Waals surface area contributed by atoms with Gasteiger partial charge in [-0.1, -0.05) is 18.2 Å². The molecule has 2 aromatic carbocycles. The fraction of sp³-hybridized carbons (Fsp3) is 0.417. The number of ether oxygens (including phenoxy) is 1. The van der Waals surface area contributed by atoms with Gasteiger partial charge in [-0.05, 0) is 73.6 Å². The zero-order chi connectivity index (χ0) is 22.1. The quantitative estimate of drug-likeness (QED) is 0.403. The number of amides is 1. The van der Waals surface area contributed by atoms with Crippen LogP contribution in [0.4, 0.5) is 4.39 Å². The minimum atomic E-state index is -0.203. The van der Waals surface area contributed by atoms with E-state index in [9.17, 15) is 9.18 Å². The first-order valence-electron chi connectivity index (χ1n) is 10.7. The molecule has 1 saturated carbocycles. The van der Waals surface area contributed by atoms with Gasteiger partial charge in [0.1, 0.15) is 11.6 Å². The van der Waals surface area contributed by atoms with Gasteiger partial charge < -0.3 is 20.7 Å². The number of carbonyl (C=O) groups excluding carboxylic acids is 1. The van der Waals surface area contributed by atoms with Gasteiger partial charge in [0.2, 0.25) is 0 Å². The third kappa shape index (κ3) is 7.92. The Morgan fingerprint density at radius 1 is 1.10 bits per heavy atom. The van der Waals surface area contributed by atoms with Crippen LogP contribution >= 0.6 is 0 Å². The number of nitrogens with zero attached hydrogens (tertiary/aromatic N) is 1. The second kappa shape index (κ2) is 11.3. The topological polar surface area (TPSA) is 74.8 Å². The molecule has 3 rings (SSSR count). The summed E-state index contributed by atoms with van der Waals surface area (Å²) in [6, 6.07) is 13.0. The number of guanidine groups is 1. The van der Waals surface area contributed by atoms with E-state index in [1.807, 2.05) is 37.3 Å². The third-order valence-electron chi connectivity index (χ3n) is 5.16. The Morgan fingerprint density at radius 3 is 2.45 bits per heavy atom. The number of benzene rings is 2. The van der Waals surface area contributed by atoms with Crippen LogP contribution < -0.4 is 20.7 Å². The molecule has 7 heteroatoms. The molecule has 1 amide bonds. The maximum absolute atomic E-state index is 13.2. The van der Waals surface area contributed by atoms with Crippen molar-refractivity contribution >= 4 is 11.9 Å². The highest BCUT2D eigenvalue weighted by Crippen LogP contribution is 2.18. The number of hydrogen-bond donors (Lipinski definition) is 3. The molecule has 0 heterocycles. The zero-order valence-electron chi connectivity index (χ0n) is 18.2. The lowest BCUT2D eigenvalue weighted by molar-refractivity contribution is -0.123. The highest BCUT2D eigenvalue weighted by molar-refractivity contribution is 5.79. The van der Waals surface area contributed by atoms with Crippen LogP contribution in [0.3, 0.4) is 0 Å². The van der Waals surface area contributed by atoms with E-state index in [1.54, 1.807) is 13.1 Å². The largest absolute Gasteiger partial charge is 0.484 e. The summed E-state index contributed by atoms with van der Waals surface area (Å²) in [6.45, 7) is 3.42. The molecule has 1 fully saturated rings. The van der Waals surface area contributed by atoms with Crippen molar-refractivity contribution < 1.29 is 13.9 Å². The van der Waals surface area contributed by atoms with E-state index >= 15 is 0 Å². The maximum atomic E-state index is 13.2. The normalized spacial score (nSPS) is 13.6. The van der Waals surface area contributed by atoms with Crippen molar-refractivity contribution in [1.29, 1.82) is 0 Å². The summed E-state index contributed by atoms with van der Waals surface area (Å²) in [7, 11) is 1.74. The van der Waals surface area contributed by atoms with Crippen LogP contribution in [-0.2, 0) is 17.6 Å². The van der Waals surface area contributed by atoms with Crippen molar-refractivity contribution in [2.24, 2.45) is 4.99 Å². The second-order valence-electron chi connectivity index (χ2n) is 7.77. The Labute approximate surface area is 183 Å². The SMILES string of the molecule is CN=C(NCCc1ccc(OCC(=O)NC2CC2)cc1)NCCc1ccc(F)cc1C. The molecule has 6 nitrogen and oxygen atoms in total. The van der Waals surface area contributed by atoms with E-state index < -0.39 is 0 Å². The number of carbonyl (C=O) groups is 1. The van der Waals surface area contributed by atoms with Gasteiger partial charge in [-0.3, -0.25) is 9.79 Å². The van der Waals surface area contributed by atoms with E-state index in [4.69, 9.17) is 4.74 Å². The minimum Gasteiger partial charge on any atom is -0.484 e. The molecule has 0 saturated heterocycles. The third-order valence-corrected chi connectivity index (χ3v) is 5.16. The number of aliphatic imine (C=N–C) groups is 1. The van der Waals surface area contributed by atoms with E-state index in [-0.39, 0.29) is 18.3 Å². The Bertz CT molecular complexity index is 895. The zero-order valence-corrected chi connectivity index (χ0v) is 18.2. The van der Waals surface area contributed by atoms with Crippen LogP contribution in [0.2, 0.25) is 0 Å². The van der Waals surface area contributed by atoms with Gasteiger partial charge in [0, 0.05) is 26.2 Å². The molecule has 0 aromatic heterocycles. The fourth-order valence-electron chi connectivity index (χ4n) is 3.20. The summed E-state index contributed by atoms with van der Waals surface area (Å²) in [5.41, 5.74) is 3.25. The summed E-state index contributed by atoms with van der Waals surface area (Å²) < 4.78 is 18.7. The first-order chi connectivity index (χ1) is 15.0. The summed E-state index contributed by atoms with van der Waals surface area (Å²) >= 11 is 0. The van der Waals surface area contributed by atoms with E-state index in [2.05, 4.69) is 20.9 Å². The fourth-order valence-corrected chi connectivity index (χ4v) is 3.20. The molecule has 0 aliphatic heterocycles. The number of halogens is 1. The minimum absolute atomic E-state index is 0.0524. The Kier molecular flexibility index (Phi) is 8.27. The summed E-state index contributed by atoms with van der Waals surface area (Å²) in [5.74, 6) is 1.16. The maximum Gasteiger partial charge on any atom is 0.258 e. The van der Waals surface area contributed by atoms with Crippen LogP contribution in [0.25, 0.3) is 0 Å². The lowest BCUT2D eigenvalue weighted by Crippen LogP contribution is -2.39. The molecule has 3 N–H and O–H groups in total. The lowest BCUT2D eigenvalue weighted by Gasteiger charge is -2.13. The Hall–Kier alpha value is -3.09. The number of hydrogen-bond acceptors (Lipinski definition) is 3. The average molecular weight is 427 g/mol. The highest BCUT2D eigenvalue weighted by Gasteiger charge is 2.23. The first kappa shape index (κ1) is 22.6. The van der Waals surface area contributed by atoms with Gasteiger partial charge >= 0.3 is 0 Å². The number of nitrogens with one attached hydrogen (secondary N) is 3. The second-order valence-corrected chi connectivity index (χ2v) is 7.77. The van der Waals surface area contributed by atoms with Gasteiger partial charge in [0.15, 0.2) is 12.6 Å². The van der Waals surface area contributed by atoms with Gasteiger partial charge in [-0.15, -0.1) is 0 Å². The van der Waals surface area contributed by atoms with E-state index in [0.29, 0.717) is 18.3 Å². The molecule has 0 bridgehead atoms. The van der Waals surface area contributed by atoms with E-state index in [0.717, 1.165) is 49.3 Å². The predicted octanol–water partition coefficient (Wildman–Crippen LogP) is 2.74. The molecule has 2 aromatic rings. The molecular weight excluding hydrogens is 395 g/mol. The molecule has 0 radical (unpaired) electrons. The van der Waals surface area contributed by atoms with Crippen LogP contribution in [0.15, 0.2) is 47.5 Å². The predicted molar refractivity (Wildman–Crippen MR) is 121 cm³/mol. The monoisotopic (exact) mass is 426 g/mol. The van der Waals surface area contributed by atoms with Crippen molar-refractivity contribution in [3.8, 4) is 5.75 Å². The van der Waals surface area contributed by atoms with Crippen molar-refractivity contribution in [2.75, 3.05) is 26.7 Å².